The third kappa shape index (κ3) is 2.05. The maximum Gasteiger partial charge on any atom is 0.271 e. The molecule has 4 fully saturated rings. The monoisotopic (exact) mass is 316 g/mol. The molecule has 0 atom stereocenters. The highest BCUT2D eigenvalue weighted by atomic mass is 16.6. The third-order valence-electron chi connectivity index (χ3n) is 4.97. The number of hydrogen-bond donors (Lipinski definition) is 0. The van der Waals surface area contributed by atoms with Crippen molar-refractivity contribution in [3.8, 4) is 0 Å². The van der Waals surface area contributed by atoms with E-state index in [0.29, 0.717) is 0 Å². The second kappa shape index (κ2) is 4.48. The lowest BCUT2D eigenvalue weighted by atomic mass is 10.2. The van der Waals surface area contributed by atoms with Crippen LogP contribution < -0.4 is 0 Å². The topological polar surface area (TPSA) is 70.7 Å². The van der Waals surface area contributed by atoms with Gasteiger partial charge in [-0.15, -0.1) is 0 Å². The van der Waals surface area contributed by atoms with Crippen LogP contribution in [0.5, 0.6) is 0 Å². The van der Waals surface area contributed by atoms with Crippen molar-refractivity contribution in [2.45, 2.75) is 6.67 Å². The van der Waals surface area contributed by atoms with Crippen molar-refractivity contribution in [1.82, 2.24) is 24.5 Å². The number of nitrogens with zero attached hydrogens (tertiary/aromatic N) is 7. The first kappa shape index (κ1) is 13.4. The minimum atomic E-state index is -0.348. The third-order valence-corrected chi connectivity index (χ3v) is 4.97. The van der Waals surface area contributed by atoms with Gasteiger partial charge in [0.25, 0.3) is 5.69 Å². The molecule has 0 amide bonds. The summed E-state index contributed by atoms with van der Waals surface area (Å²) in [6, 6.07) is 4.95. The van der Waals surface area contributed by atoms with E-state index in [4.69, 9.17) is 0 Å². The van der Waals surface area contributed by atoms with Crippen LogP contribution in [0.1, 0.15) is 0 Å². The minimum absolute atomic E-state index is 0.119. The van der Waals surface area contributed by atoms with Crippen molar-refractivity contribution in [2.24, 2.45) is 0 Å². The highest BCUT2D eigenvalue weighted by Gasteiger charge is 2.48. The fourth-order valence-corrected chi connectivity index (χ4v) is 4.36. The van der Waals surface area contributed by atoms with E-state index in [1.165, 1.54) is 6.07 Å². The van der Waals surface area contributed by atoms with Gasteiger partial charge >= 0.3 is 0 Å². The molecule has 0 N–H and O–H groups in total. The molecule has 0 saturated carbocycles. The molecule has 4 bridgehead atoms. The summed E-state index contributed by atoms with van der Waals surface area (Å²) in [5.74, 6) is 0. The second-order valence-electron chi connectivity index (χ2n) is 6.99. The lowest BCUT2D eigenvalue weighted by molar-refractivity contribution is -0.998. The molecule has 4 aliphatic heterocycles. The number of rotatable bonds is 3. The summed E-state index contributed by atoms with van der Waals surface area (Å²) in [6.07, 6.45) is 1.80. The molecule has 1 aromatic carbocycles. The lowest BCUT2D eigenvalue weighted by Crippen LogP contribution is -2.79. The molecule has 6 rings (SSSR count). The predicted octanol–water partition coefficient (Wildman–Crippen LogP) is 0.411. The quantitative estimate of drug-likeness (QED) is 0.464. The van der Waals surface area contributed by atoms with Gasteiger partial charge in [0.15, 0.2) is 6.67 Å². The van der Waals surface area contributed by atoms with E-state index in [-0.39, 0.29) is 10.6 Å². The van der Waals surface area contributed by atoms with Gasteiger partial charge in [0.05, 0.1) is 36.6 Å². The van der Waals surface area contributed by atoms with Crippen molar-refractivity contribution in [1.29, 1.82) is 0 Å². The lowest BCUT2D eigenvalue weighted by Gasteiger charge is -2.60. The van der Waals surface area contributed by atoms with Crippen LogP contribution in [-0.4, -0.2) is 73.9 Å². The normalized spacial score (nSPS) is 35.0. The summed E-state index contributed by atoms with van der Waals surface area (Å²) in [5, 5.41) is 16.5. The van der Waals surface area contributed by atoms with Crippen molar-refractivity contribution < 1.29 is 9.41 Å². The number of hydrogen-bond acceptors (Lipinski definition) is 6. The number of nitro benzene ring substituents is 1. The van der Waals surface area contributed by atoms with Crippen molar-refractivity contribution in [3.05, 3.63) is 34.5 Å². The molecule has 9 heteroatoms. The standard InChI is InChI=1S/C14H18N7O2/c22-20(23)13-2-1-12-4-15-19(14(12)3-13)11-21-8-16-5-17(9-21)7-18(6-16)10-21/h1-4H,5-11H2/q+1. The first-order valence-corrected chi connectivity index (χ1v) is 7.72. The Kier molecular flexibility index (Phi) is 2.61. The van der Waals surface area contributed by atoms with Gasteiger partial charge in [0.1, 0.15) is 20.0 Å². The molecule has 23 heavy (non-hydrogen) atoms. The maximum absolute atomic E-state index is 11.0. The van der Waals surface area contributed by atoms with Crippen molar-refractivity contribution in [2.75, 3.05) is 40.0 Å². The SMILES string of the molecule is O=[N+]([O-])c1ccc2cnn(C[N+]34CN5CN(CN(C5)C3)C4)c2c1. The average Bonchev–Trinajstić information content (AvgIpc) is 2.87. The van der Waals surface area contributed by atoms with Crippen LogP contribution in [-0.2, 0) is 6.67 Å². The van der Waals surface area contributed by atoms with E-state index in [1.807, 2.05) is 4.68 Å². The van der Waals surface area contributed by atoms with Gasteiger partial charge in [-0.05, 0) is 6.07 Å². The van der Waals surface area contributed by atoms with Crippen LogP contribution in [0.4, 0.5) is 5.69 Å². The van der Waals surface area contributed by atoms with Gasteiger partial charge in [-0.3, -0.25) is 14.6 Å². The fraction of sp³-hybridized carbons (Fsp3) is 0.500. The Morgan fingerprint density at radius 3 is 2.39 bits per heavy atom. The maximum atomic E-state index is 11.0. The number of non-ortho nitro benzene ring substituents is 1. The highest BCUT2D eigenvalue weighted by molar-refractivity contribution is 5.80. The van der Waals surface area contributed by atoms with Crippen molar-refractivity contribution >= 4 is 16.6 Å². The Hall–Kier alpha value is -2.07. The Bertz CT molecular complexity index is 766. The van der Waals surface area contributed by atoms with E-state index in [0.717, 1.165) is 62.1 Å². The number of aromatic nitrogens is 2. The zero-order valence-electron chi connectivity index (χ0n) is 12.7. The molecule has 9 nitrogen and oxygen atoms in total. The summed E-state index contributed by atoms with van der Waals surface area (Å²) in [5.41, 5.74) is 0.960. The fourth-order valence-electron chi connectivity index (χ4n) is 4.36. The second-order valence-corrected chi connectivity index (χ2v) is 6.99. The van der Waals surface area contributed by atoms with Crippen LogP contribution in [0.2, 0.25) is 0 Å². The summed E-state index contributed by atoms with van der Waals surface area (Å²) in [4.78, 5) is 18.0. The van der Waals surface area contributed by atoms with Crippen LogP contribution in [0.25, 0.3) is 10.9 Å². The largest absolute Gasteiger partial charge is 0.271 e. The molecule has 0 spiro atoms. The summed E-state index contributed by atoms with van der Waals surface area (Å²) in [6.45, 7) is 6.93. The van der Waals surface area contributed by atoms with Crippen LogP contribution in [0.3, 0.4) is 0 Å². The van der Waals surface area contributed by atoms with Crippen LogP contribution in [0.15, 0.2) is 24.4 Å². The van der Waals surface area contributed by atoms with Gasteiger partial charge in [-0.1, -0.05) is 0 Å². The molecule has 0 aliphatic carbocycles. The molecule has 4 saturated heterocycles. The Morgan fingerprint density at radius 2 is 1.78 bits per heavy atom. The van der Waals surface area contributed by atoms with Crippen molar-refractivity contribution in [3.63, 3.8) is 0 Å². The van der Waals surface area contributed by atoms with E-state index >= 15 is 0 Å². The van der Waals surface area contributed by atoms with E-state index in [1.54, 1.807) is 18.3 Å². The zero-order chi connectivity index (χ0) is 15.6. The molecular weight excluding hydrogens is 298 g/mol. The predicted molar refractivity (Wildman–Crippen MR) is 81.4 cm³/mol. The van der Waals surface area contributed by atoms with E-state index in [9.17, 15) is 10.1 Å². The Morgan fingerprint density at radius 1 is 1.13 bits per heavy atom. The smallest absolute Gasteiger partial charge is 0.267 e. The molecule has 2 aromatic rings. The molecule has 1 aromatic heterocycles. The molecular formula is C14H18N7O2+. The first-order chi connectivity index (χ1) is 11.1. The van der Waals surface area contributed by atoms with Gasteiger partial charge in [0, 0.05) is 17.5 Å². The van der Waals surface area contributed by atoms with Gasteiger partial charge in [-0.2, -0.15) is 5.10 Å². The summed E-state index contributed by atoms with van der Waals surface area (Å²) < 4.78 is 2.85. The Labute approximate surface area is 132 Å². The summed E-state index contributed by atoms with van der Waals surface area (Å²) in [7, 11) is 0. The molecule has 5 heterocycles. The van der Waals surface area contributed by atoms with Gasteiger partial charge in [0.2, 0.25) is 0 Å². The highest BCUT2D eigenvalue weighted by Crippen LogP contribution is 2.30. The number of nitro groups is 1. The number of quaternary nitrogens is 1. The molecule has 0 radical (unpaired) electrons. The zero-order valence-corrected chi connectivity index (χ0v) is 12.7. The minimum Gasteiger partial charge on any atom is -0.267 e. The average molecular weight is 316 g/mol. The van der Waals surface area contributed by atoms with Gasteiger partial charge < -0.3 is 0 Å². The van der Waals surface area contributed by atoms with E-state index < -0.39 is 0 Å². The Balaban J connectivity index is 1.51. The molecule has 0 unspecified atom stereocenters. The molecule has 120 valence electrons. The van der Waals surface area contributed by atoms with Gasteiger partial charge in [-0.25, -0.2) is 19.4 Å². The summed E-state index contributed by atoms with van der Waals surface area (Å²) >= 11 is 0. The van der Waals surface area contributed by atoms with E-state index in [2.05, 4.69) is 19.8 Å². The molecule has 4 aliphatic rings. The number of fused-ring (bicyclic) bond motifs is 1. The van der Waals surface area contributed by atoms with Crippen LogP contribution in [0, 0.1) is 10.1 Å². The number of benzene rings is 1. The first-order valence-electron chi connectivity index (χ1n) is 7.72. The van der Waals surface area contributed by atoms with Crippen LogP contribution >= 0.6 is 0 Å².